The summed E-state index contributed by atoms with van der Waals surface area (Å²) in [5, 5.41) is 6.05. The monoisotopic (exact) mass is 236 g/mol. The van der Waals surface area contributed by atoms with E-state index >= 15 is 0 Å². The van der Waals surface area contributed by atoms with Gasteiger partial charge in [0.05, 0.1) is 6.04 Å². The molecule has 1 fully saturated rings. The maximum absolute atomic E-state index is 12.7. The zero-order valence-electron chi connectivity index (χ0n) is 9.87. The Morgan fingerprint density at radius 2 is 2.06 bits per heavy atom. The van der Waals surface area contributed by atoms with Gasteiger partial charge in [0.15, 0.2) is 0 Å². The number of halogens is 1. The van der Waals surface area contributed by atoms with E-state index in [0.29, 0.717) is 12.6 Å². The second-order valence-corrected chi connectivity index (χ2v) is 4.51. The Hall–Kier alpha value is -1.42. The van der Waals surface area contributed by atoms with Gasteiger partial charge in [-0.05, 0) is 37.5 Å². The van der Waals surface area contributed by atoms with E-state index in [9.17, 15) is 9.18 Å². The Morgan fingerprint density at radius 1 is 1.41 bits per heavy atom. The summed E-state index contributed by atoms with van der Waals surface area (Å²) < 4.78 is 12.7. The van der Waals surface area contributed by atoms with E-state index in [1.165, 1.54) is 12.1 Å². The van der Waals surface area contributed by atoms with Crippen LogP contribution in [0.25, 0.3) is 0 Å². The Labute approximate surface area is 100 Å². The number of benzene rings is 1. The molecule has 0 saturated heterocycles. The Kier molecular flexibility index (Phi) is 3.74. The van der Waals surface area contributed by atoms with Gasteiger partial charge >= 0.3 is 0 Å². The van der Waals surface area contributed by atoms with Crippen molar-refractivity contribution in [2.75, 3.05) is 0 Å². The second kappa shape index (κ2) is 5.27. The molecule has 17 heavy (non-hydrogen) atoms. The topological polar surface area (TPSA) is 41.1 Å². The van der Waals surface area contributed by atoms with Gasteiger partial charge in [0.1, 0.15) is 5.82 Å². The quantitative estimate of drug-likeness (QED) is 0.815. The van der Waals surface area contributed by atoms with Crippen LogP contribution in [0.4, 0.5) is 4.39 Å². The largest absolute Gasteiger partial charge is 0.352 e. The highest BCUT2D eigenvalue weighted by Crippen LogP contribution is 2.18. The SMILES string of the molecule is CC(NCc1ccc(F)cc1)C(=O)NC1CC1. The first kappa shape index (κ1) is 12.0. The molecule has 4 heteroatoms. The van der Waals surface area contributed by atoms with Gasteiger partial charge in [-0.2, -0.15) is 0 Å². The number of amides is 1. The molecule has 0 aromatic heterocycles. The first-order chi connectivity index (χ1) is 8.15. The maximum Gasteiger partial charge on any atom is 0.237 e. The lowest BCUT2D eigenvalue weighted by Gasteiger charge is -2.13. The number of carbonyl (C=O) groups is 1. The highest BCUT2D eigenvalue weighted by molar-refractivity contribution is 5.81. The molecule has 1 atom stereocenters. The molecule has 1 amide bonds. The first-order valence-corrected chi connectivity index (χ1v) is 5.93. The molecule has 0 aliphatic heterocycles. The van der Waals surface area contributed by atoms with E-state index in [-0.39, 0.29) is 17.8 Å². The molecule has 0 bridgehead atoms. The van der Waals surface area contributed by atoms with E-state index in [1.807, 2.05) is 6.92 Å². The third kappa shape index (κ3) is 3.82. The zero-order chi connectivity index (χ0) is 12.3. The molecule has 1 aliphatic carbocycles. The molecular formula is C13H17FN2O. The summed E-state index contributed by atoms with van der Waals surface area (Å²) in [5.74, 6) is -0.206. The summed E-state index contributed by atoms with van der Waals surface area (Å²) in [7, 11) is 0. The minimum atomic E-state index is -0.242. The molecule has 92 valence electrons. The van der Waals surface area contributed by atoms with Crippen LogP contribution in [-0.2, 0) is 11.3 Å². The number of carbonyl (C=O) groups excluding carboxylic acids is 1. The molecule has 0 spiro atoms. The molecule has 1 unspecified atom stereocenters. The predicted octanol–water partition coefficient (Wildman–Crippen LogP) is 1.58. The fraction of sp³-hybridized carbons (Fsp3) is 0.462. The minimum Gasteiger partial charge on any atom is -0.352 e. The third-order valence-corrected chi connectivity index (χ3v) is 2.84. The lowest BCUT2D eigenvalue weighted by molar-refractivity contribution is -0.122. The lowest BCUT2D eigenvalue weighted by Crippen LogP contribution is -2.42. The van der Waals surface area contributed by atoms with Crippen LogP contribution < -0.4 is 10.6 Å². The highest BCUT2D eigenvalue weighted by Gasteiger charge is 2.25. The van der Waals surface area contributed by atoms with Gasteiger partial charge in [-0.15, -0.1) is 0 Å². The Balaban J connectivity index is 1.76. The van der Waals surface area contributed by atoms with E-state index in [4.69, 9.17) is 0 Å². The van der Waals surface area contributed by atoms with Crippen LogP contribution in [0.1, 0.15) is 25.3 Å². The molecule has 2 N–H and O–H groups in total. The normalized spacial score (nSPS) is 16.6. The second-order valence-electron chi connectivity index (χ2n) is 4.51. The molecule has 2 rings (SSSR count). The van der Waals surface area contributed by atoms with Crippen molar-refractivity contribution in [3.8, 4) is 0 Å². The zero-order valence-corrected chi connectivity index (χ0v) is 9.87. The summed E-state index contributed by atoms with van der Waals surface area (Å²) in [6.07, 6.45) is 2.19. The standard InChI is InChI=1S/C13H17FN2O/c1-9(13(17)16-12-6-7-12)15-8-10-2-4-11(14)5-3-10/h2-5,9,12,15H,6-8H2,1H3,(H,16,17). The molecular weight excluding hydrogens is 219 g/mol. The Bertz CT molecular complexity index is 387. The van der Waals surface area contributed by atoms with Crippen LogP contribution in [0.2, 0.25) is 0 Å². The van der Waals surface area contributed by atoms with Crippen LogP contribution in [0.5, 0.6) is 0 Å². The first-order valence-electron chi connectivity index (χ1n) is 5.93. The minimum absolute atomic E-state index is 0.0367. The van der Waals surface area contributed by atoms with Crippen molar-refractivity contribution in [3.05, 3.63) is 35.6 Å². The summed E-state index contributed by atoms with van der Waals surface area (Å²) >= 11 is 0. The summed E-state index contributed by atoms with van der Waals surface area (Å²) in [6, 6.07) is 6.44. The van der Waals surface area contributed by atoms with E-state index in [0.717, 1.165) is 18.4 Å². The fourth-order valence-corrected chi connectivity index (χ4v) is 1.52. The average Bonchev–Trinajstić information content (AvgIpc) is 3.11. The van der Waals surface area contributed by atoms with Gasteiger partial charge in [0.25, 0.3) is 0 Å². The smallest absolute Gasteiger partial charge is 0.237 e. The summed E-state index contributed by atoms with van der Waals surface area (Å²) in [6.45, 7) is 2.40. The summed E-state index contributed by atoms with van der Waals surface area (Å²) in [5.41, 5.74) is 0.970. The van der Waals surface area contributed by atoms with Crippen LogP contribution in [0, 0.1) is 5.82 Å². The molecule has 1 aliphatic rings. The predicted molar refractivity (Wildman–Crippen MR) is 63.9 cm³/mol. The van der Waals surface area contributed by atoms with Crippen molar-refractivity contribution < 1.29 is 9.18 Å². The van der Waals surface area contributed by atoms with Crippen molar-refractivity contribution in [3.63, 3.8) is 0 Å². The molecule has 1 aromatic carbocycles. The van der Waals surface area contributed by atoms with E-state index < -0.39 is 0 Å². The van der Waals surface area contributed by atoms with Crippen LogP contribution in [0.3, 0.4) is 0 Å². The van der Waals surface area contributed by atoms with Crippen molar-refractivity contribution in [2.24, 2.45) is 0 Å². The van der Waals surface area contributed by atoms with Crippen molar-refractivity contribution >= 4 is 5.91 Å². The molecule has 1 aromatic rings. The molecule has 1 saturated carbocycles. The molecule has 0 heterocycles. The van der Waals surface area contributed by atoms with E-state index in [1.54, 1.807) is 12.1 Å². The van der Waals surface area contributed by atoms with Gasteiger partial charge in [-0.3, -0.25) is 4.79 Å². The van der Waals surface area contributed by atoms with Gasteiger partial charge < -0.3 is 10.6 Å². The fourth-order valence-electron chi connectivity index (χ4n) is 1.52. The van der Waals surface area contributed by atoms with Crippen molar-refractivity contribution in [1.82, 2.24) is 10.6 Å². The highest BCUT2D eigenvalue weighted by atomic mass is 19.1. The average molecular weight is 236 g/mol. The van der Waals surface area contributed by atoms with Gasteiger partial charge in [0, 0.05) is 12.6 Å². The van der Waals surface area contributed by atoms with Crippen LogP contribution in [-0.4, -0.2) is 18.0 Å². The number of hydrogen-bond donors (Lipinski definition) is 2. The van der Waals surface area contributed by atoms with Gasteiger partial charge in [-0.25, -0.2) is 4.39 Å². The van der Waals surface area contributed by atoms with Gasteiger partial charge in [0.2, 0.25) is 5.91 Å². The number of rotatable bonds is 5. The third-order valence-electron chi connectivity index (χ3n) is 2.84. The van der Waals surface area contributed by atoms with Crippen molar-refractivity contribution in [2.45, 2.75) is 38.4 Å². The van der Waals surface area contributed by atoms with Crippen LogP contribution in [0.15, 0.2) is 24.3 Å². The molecule has 3 nitrogen and oxygen atoms in total. The Morgan fingerprint density at radius 3 is 2.65 bits per heavy atom. The number of hydrogen-bond acceptors (Lipinski definition) is 2. The number of nitrogens with one attached hydrogen (secondary N) is 2. The van der Waals surface area contributed by atoms with Crippen molar-refractivity contribution in [1.29, 1.82) is 0 Å². The van der Waals surface area contributed by atoms with E-state index in [2.05, 4.69) is 10.6 Å². The molecule has 0 radical (unpaired) electrons. The van der Waals surface area contributed by atoms with Crippen LogP contribution >= 0.6 is 0 Å². The van der Waals surface area contributed by atoms with Gasteiger partial charge in [-0.1, -0.05) is 12.1 Å². The lowest BCUT2D eigenvalue weighted by atomic mass is 10.2. The maximum atomic E-state index is 12.7. The summed E-state index contributed by atoms with van der Waals surface area (Å²) in [4.78, 5) is 11.6.